The molecule has 1 saturated heterocycles. The summed E-state index contributed by atoms with van der Waals surface area (Å²) in [5.74, 6) is 0.613. The van der Waals surface area contributed by atoms with E-state index in [1.807, 2.05) is 12.3 Å². The maximum Gasteiger partial charge on any atom is 0.422 e. The minimum Gasteiger partial charge on any atom is -0.482 e. The van der Waals surface area contributed by atoms with Gasteiger partial charge >= 0.3 is 6.18 Å². The number of rotatable bonds is 7. The van der Waals surface area contributed by atoms with Crippen LogP contribution in [0.1, 0.15) is 12.8 Å². The summed E-state index contributed by atoms with van der Waals surface area (Å²) in [6.45, 7) is -0.0497. The summed E-state index contributed by atoms with van der Waals surface area (Å²) in [5.41, 5.74) is 1.09. The molecule has 1 atom stereocenters. The quantitative estimate of drug-likeness (QED) is 0.514. The average Bonchev–Trinajstić information content (AvgIpc) is 3.25. The first-order valence-electron chi connectivity index (χ1n) is 10.2. The van der Waals surface area contributed by atoms with Crippen molar-refractivity contribution < 1.29 is 22.7 Å². The molecule has 3 N–H and O–H groups in total. The number of H-pyrrole nitrogens is 1. The third-order valence-electron chi connectivity index (χ3n) is 5.14. The first kappa shape index (κ1) is 21.7. The number of benzene rings is 1. The Kier molecular flexibility index (Phi) is 6.33. The number of ether oxygens (including phenoxy) is 1. The lowest BCUT2D eigenvalue weighted by Crippen LogP contribution is -2.49. The topological polar surface area (TPSA) is 95.2 Å². The highest BCUT2D eigenvalue weighted by Crippen LogP contribution is 2.27. The van der Waals surface area contributed by atoms with E-state index < -0.39 is 12.8 Å². The molecule has 1 aliphatic heterocycles. The van der Waals surface area contributed by atoms with Crippen LogP contribution in [-0.2, 0) is 4.79 Å². The highest BCUT2D eigenvalue weighted by Gasteiger charge is 2.29. The third kappa shape index (κ3) is 5.40. The number of amides is 1. The van der Waals surface area contributed by atoms with Gasteiger partial charge in [-0.2, -0.15) is 13.2 Å². The van der Waals surface area contributed by atoms with E-state index in [0.717, 1.165) is 36.2 Å². The van der Waals surface area contributed by atoms with Crippen LogP contribution in [0, 0.1) is 0 Å². The van der Waals surface area contributed by atoms with Crippen molar-refractivity contribution in [1.29, 1.82) is 0 Å². The predicted molar refractivity (Wildman–Crippen MR) is 114 cm³/mol. The Balaban J connectivity index is 1.32. The number of anilines is 2. The second-order valence-corrected chi connectivity index (χ2v) is 7.54. The molecule has 0 radical (unpaired) electrons. The zero-order valence-corrected chi connectivity index (χ0v) is 17.2. The van der Waals surface area contributed by atoms with Crippen LogP contribution in [0.25, 0.3) is 11.0 Å². The monoisotopic (exact) mass is 448 g/mol. The van der Waals surface area contributed by atoms with Gasteiger partial charge in [-0.15, -0.1) is 0 Å². The summed E-state index contributed by atoms with van der Waals surface area (Å²) in [6, 6.07) is 8.08. The summed E-state index contributed by atoms with van der Waals surface area (Å²) < 4.78 is 42.2. The van der Waals surface area contributed by atoms with Gasteiger partial charge in [0.25, 0.3) is 0 Å². The van der Waals surface area contributed by atoms with Gasteiger partial charge in [-0.3, -0.25) is 4.79 Å². The van der Waals surface area contributed by atoms with Crippen LogP contribution in [0.15, 0.2) is 42.9 Å². The molecule has 1 amide bonds. The molecule has 1 fully saturated rings. The second kappa shape index (κ2) is 9.33. The van der Waals surface area contributed by atoms with Crippen molar-refractivity contribution in [2.24, 2.45) is 0 Å². The Labute approximate surface area is 182 Å². The summed E-state index contributed by atoms with van der Waals surface area (Å²) >= 11 is 0. The molecule has 32 heavy (non-hydrogen) atoms. The summed E-state index contributed by atoms with van der Waals surface area (Å²) in [6.07, 6.45) is 0.608. The number of piperidine rings is 1. The summed E-state index contributed by atoms with van der Waals surface area (Å²) in [4.78, 5) is 26.3. The average molecular weight is 448 g/mol. The number of carbonyl (C=O) groups excluding carboxylic acids is 1. The summed E-state index contributed by atoms with van der Waals surface area (Å²) in [5, 5.41) is 6.78. The van der Waals surface area contributed by atoms with E-state index >= 15 is 0 Å². The number of hydrogen-bond donors (Lipinski definition) is 3. The van der Waals surface area contributed by atoms with Gasteiger partial charge in [0.1, 0.15) is 23.5 Å². The Morgan fingerprint density at radius 3 is 2.94 bits per heavy atom. The largest absolute Gasteiger partial charge is 0.482 e. The number of fused-ring (bicyclic) bond motifs is 1. The molecule has 11 heteroatoms. The van der Waals surface area contributed by atoms with Crippen molar-refractivity contribution >= 4 is 28.4 Å². The Bertz CT molecular complexity index is 1070. The number of nitrogens with zero attached hydrogens (tertiary/aromatic N) is 3. The van der Waals surface area contributed by atoms with Crippen molar-refractivity contribution in [2.45, 2.75) is 25.1 Å². The van der Waals surface area contributed by atoms with Gasteiger partial charge in [0.05, 0.1) is 17.6 Å². The van der Waals surface area contributed by atoms with Crippen molar-refractivity contribution in [3.05, 3.63) is 42.9 Å². The molecule has 0 aliphatic carbocycles. The SMILES string of the molecule is O=C(CNc1ccccc1OCC(F)(F)F)N[C@@H]1CCCN(c2ncnc3[nH]ccc23)C1. The number of alkyl halides is 3. The second-order valence-electron chi connectivity index (χ2n) is 7.54. The van der Waals surface area contributed by atoms with Gasteiger partial charge in [-0.1, -0.05) is 12.1 Å². The number of hydrogen-bond acceptors (Lipinski definition) is 6. The highest BCUT2D eigenvalue weighted by molar-refractivity contribution is 5.87. The van der Waals surface area contributed by atoms with Crippen LogP contribution in [-0.4, -0.2) is 59.3 Å². The standard InChI is InChI=1S/C21H23F3N6O2/c22-21(23,24)12-32-17-6-2-1-5-16(17)26-10-18(31)29-14-4-3-9-30(11-14)20-15-7-8-25-19(15)27-13-28-20/h1-2,5-8,13-14,26H,3-4,9-12H2,(H,29,31)(H,25,27,28)/t14-/m1/s1. The number of carbonyl (C=O) groups is 1. The number of aromatic amines is 1. The Morgan fingerprint density at radius 2 is 2.09 bits per heavy atom. The normalized spacial score (nSPS) is 16.7. The first-order chi connectivity index (χ1) is 15.4. The third-order valence-corrected chi connectivity index (χ3v) is 5.14. The van der Waals surface area contributed by atoms with Crippen LogP contribution in [0.5, 0.6) is 5.75 Å². The molecule has 2 aromatic heterocycles. The smallest absolute Gasteiger partial charge is 0.422 e. The zero-order chi connectivity index (χ0) is 22.6. The molecule has 1 aromatic carbocycles. The maximum atomic E-state index is 12.5. The van der Waals surface area contributed by atoms with Crippen LogP contribution >= 0.6 is 0 Å². The molecule has 0 spiro atoms. The molecular formula is C21H23F3N6O2. The fourth-order valence-corrected chi connectivity index (χ4v) is 3.75. The van der Waals surface area contributed by atoms with Crippen LogP contribution < -0.4 is 20.3 Å². The molecule has 3 aromatic rings. The molecule has 4 rings (SSSR count). The van der Waals surface area contributed by atoms with Crippen molar-refractivity contribution in [2.75, 3.05) is 36.5 Å². The van der Waals surface area contributed by atoms with E-state index in [-0.39, 0.29) is 24.2 Å². The lowest BCUT2D eigenvalue weighted by atomic mass is 10.1. The van der Waals surface area contributed by atoms with Gasteiger partial charge in [-0.25, -0.2) is 9.97 Å². The van der Waals surface area contributed by atoms with E-state index in [1.165, 1.54) is 12.4 Å². The molecular weight excluding hydrogens is 425 g/mol. The molecule has 1 aliphatic rings. The summed E-state index contributed by atoms with van der Waals surface area (Å²) in [7, 11) is 0. The lowest BCUT2D eigenvalue weighted by molar-refractivity contribution is -0.153. The number of halogens is 3. The van der Waals surface area contributed by atoms with Crippen molar-refractivity contribution in [1.82, 2.24) is 20.3 Å². The first-order valence-corrected chi connectivity index (χ1v) is 10.2. The number of nitrogens with one attached hydrogen (secondary N) is 3. The number of aromatic nitrogens is 3. The minimum atomic E-state index is -4.44. The maximum absolute atomic E-state index is 12.5. The Hall–Kier alpha value is -3.50. The molecule has 170 valence electrons. The van der Waals surface area contributed by atoms with Gasteiger partial charge in [0.2, 0.25) is 5.91 Å². The van der Waals surface area contributed by atoms with E-state index in [2.05, 4.69) is 30.5 Å². The molecule has 0 saturated carbocycles. The van der Waals surface area contributed by atoms with Crippen LogP contribution in [0.3, 0.4) is 0 Å². The van der Waals surface area contributed by atoms with E-state index in [1.54, 1.807) is 18.2 Å². The fourth-order valence-electron chi connectivity index (χ4n) is 3.75. The molecule has 8 nitrogen and oxygen atoms in total. The van der Waals surface area contributed by atoms with Crippen molar-refractivity contribution in [3.63, 3.8) is 0 Å². The fraction of sp³-hybridized carbons (Fsp3) is 0.381. The number of para-hydroxylation sites is 2. The minimum absolute atomic E-state index is 0.0424. The lowest BCUT2D eigenvalue weighted by Gasteiger charge is -2.34. The van der Waals surface area contributed by atoms with Gasteiger partial charge < -0.3 is 25.3 Å². The van der Waals surface area contributed by atoms with E-state index in [0.29, 0.717) is 12.2 Å². The zero-order valence-electron chi connectivity index (χ0n) is 17.2. The van der Waals surface area contributed by atoms with Crippen LogP contribution in [0.4, 0.5) is 24.7 Å². The van der Waals surface area contributed by atoms with Gasteiger partial charge in [0, 0.05) is 25.3 Å². The van der Waals surface area contributed by atoms with Gasteiger partial charge in [-0.05, 0) is 31.0 Å². The van der Waals surface area contributed by atoms with E-state index in [9.17, 15) is 18.0 Å². The Morgan fingerprint density at radius 1 is 1.25 bits per heavy atom. The molecule has 3 heterocycles. The van der Waals surface area contributed by atoms with Crippen LogP contribution in [0.2, 0.25) is 0 Å². The van der Waals surface area contributed by atoms with Gasteiger partial charge in [0.15, 0.2) is 6.61 Å². The molecule has 0 unspecified atom stereocenters. The predicted octanol–water partition coefficient (Wildman–Crippen LogP) is 3.10. The highest BCUT2D eigenvalue weighted by atomic mass is 19.4. The van der Waals surface area contributed by atoms with E-state index in [4.69, 9.17) is 4.74 Å². The molecule has 0 bridgehead atoms. The van der Waals surface area contributed by atoms with Crippen molar-refractivity contribution in [3.8, 4) is 5.75 Å².